The van der Waals surface area contributed by atoms with Crippen LogP contribution in [0.3, 0.4) is 0 Å². The molecule has 1 fully saturated rings. The van der Waals surface area contributed by atoms with Gasteiger partial charge in [0.25, 0.3) is 0 Å². The van der Waals surface area contributed by atoms with Crippen LogP contribution in [-0.4, -0.2) is 23.4 Å². The van der Waals surface area contributed by atoms with E-state index in [0.29, 0.717) is 19.8 Å². The third-order valence-corrected chi connectivity index (χ3v) is 4.68. The Morgan fingerprint density at radius 2 is 1.50 bits per heavy atom. The van der Waals surface area contributed by atoms with Crippen LogP contribution < -0.4 is 0 Å². The minimum Gasteiger partial charge on any atom is -0.385 e. The summed E-state index contributed by atoms with van der Waals surface area (Å²) in [5.41, 5.74) is 1.37. The summed E-state index contributed by atoms with van der Waals surface area (Å²) >= 11 is 0. The van der Waals surface area contributed by atoms with E-state index in [-0.39, 0.29) is 6.10 Å². The molecule has 0 spiro atoms. The van der Waals surface area contributed by atoms with E-state index in [0.717, 1.165) is 36.8 Å². The second-order valence-corrected chi connectivity index (χ2v) is 6.61. The van der Waals surface area contributed by atoms with Crippen molar-refractivity contribution in [3.63, 3.8) is 0 Å². The van der Waals surface area contributed by atoms with Crippen molar-refractivity contribution < 1.29 is 14.6 Å². The highest BCUT2D eigenvalue weighted by molar-refractivity contribution is 5.14. The first-order valence-electron chi connectivity index (χ1n) is 8.76. The molecular formula is C21H26O3. The van der Waals surface area contributed by atoms with Gasteiger partial charge in [-0.15, -0.1) is 0 Å². The fourth-order valence-corrected chi connectivity index (χ4v) is 3.28. The van der Waals surface area contributed by atoms with Crippen LogP contribution in [0, 0.1) is 0 Å². The summed E-state index contributed by atoms with van der Waals surface area (Å²) in [6, 6.07) is 20.2. The number of ether oxygens (including phenoxy) is 2. The molecule has 1 N–H and O–H groups in total. The lowest BCUT2D eigenvalue weighted by Crippen LogP contribution is -2.49. The number of benzene rings is 2. The zero-order chi connectivity index (χ0) is 16.7. The SMILES string of the molecule is OC1(COCc2ccccc2)CCCCC1OCc1ccccc1. The first-order chi connectivity index (χ1) is 11.8. The molecule has 1 saturated carbocycles. The molecule has 2 atom stereocenters. The standard InChI is InChI=1S/C21H26O3/c22-21(17-23-15-18-9-3-1-4-10-18)14-8-7-13-20(21)24-16-19-11-5-2-6-12-19/h1-6,9-12,20,22H,7-8,13-17H2. The lowest BCUT2D eigenvalue weighted by molar-refractivity contribution is -0.167. The van der Waals surface area contributed by atoms with E-state index >= 15 is 0 Å². The molecule has 24 heavy (non-hydrogen) atoms. The molecule has 0 bridgehead atoms. The summed E-state index contributed by atoms with van der Waals surface area (Å²) in [6.07, 6.45) is 3.58. The lowest BCUT2D eigenvalue weighted by Gasteiger charge is -2.39. The predicted octanol–water partition coefficient (Wildman–Crippen LogP) is 4.09. The van der Waals surface area contributed by atoms with Gasteiger partial charge in [0.15, 0.2) is 0 Å². The van der Waals surface area contributed by atoms with Crippen molar-refractivity contribution in [1.82, 2.24) is 0 Å². The Balaban J connectivity index is 1.54. The molecule has 2 aromatic carbocycles. The Bertz CT molecular complexity index is 599. The molecule has 0 heterocycles. The van der Waals surface area contributed by atoms with E-state index in [1.807, 2.05) is 60.7 Å². The van der Waals surface area contributed by atoms with Crippen molar-refractivity contribution in [2.45, 2.75) is 50.6 Å². The van der Waals surface area contributed by atoms with Gasteiger partial charge in [-0.2, -0.15) is 0 Å². The summed E-state index contributed by atoms with van der Waals surface area (Å²) in [5.74, 6) is 0. The van der Waals surface area contributed by atoms with Gasteiger partial charge in [-0.25, -0.2) is 0 Å². The largest absolute Gasteiger partial charge is 0.385 e. The van der Waals surface area contributed by atoms with Crippen LogP contribution in [0.2, 0.25) is 0 Å². The van der Waals surface area contributed by atoms with Crippen LogP contribution >= 0.6 is 0 Å². The van der Waals surface area contributed by atoms with E-state index in [9.17, 15) is 5.11 Å². The average Bonchev–Trinajstić information content (AvgIpc) is 2.63. The Morgan fingerprint density at radius 3 is 2.17 bits per heavy atom. The van der Waals surface area contributed by atoms with Crippen LogP contribution in [0.25, 0.3) is 0 Å². The number of hydrogen-bond donors (Lipinski definition) is 1. The summed E-state index contributed by atoms with van der Waals surface area (Å²) in [4.78, 5) is 0. The third kappa shape index (κ3) is 4.67. The van der Waals surface area contributed by atoms with Crippen molar-refractivity contribution in [3.8, 4) is 0 Å². The molecule has 0 amide bonds. The Kier molecular flexibility index (Phi) is 6.02. The minimum absolute atomic E-state index is 0.165. The van der Waals surface area contributed by atoms with Gasteiger partial charge in [-0.3, -0.25) is 0 Å². The van der Waals surface area contributed by atoms with Crippen molar-refractivity contribution in [3.05, 3.63) is 71.8 Å². The monoisotopic (exact) mass is 326 g/mol. The normalized spacial score (nSPS) is 24.0. The Morgan fingerprint density at radius 1 is 0.875 bits per heavy atom. The first-order valence-corrected chi connectivity index (χ1v) is 8.76. The van der Waals surface area contributed by atoms with Crippen LogP contribution in [0.1, 0.15) is 36.8 Å². The van der Waals surface area contributed by atoms with Crippen LogP contribution in [0.4, 0.5) is 0 Å². The molecule has 0 aromatic heterocycles. The van der Waals surface area contributed by atoms with Gasteiger partial charge in [0.1, 0.15) is 5.60 Å². The fraction of sp³-hybridized carbons (Fsp3) is 0.429. The molecular weight excluding hydrogens is 300 g/mol. The highest BCUT2D eigenvalue weighted by atomic mass is 16.5. The second-order valence-electron chi connectivity index (χ2n) is 6.61. The molecule has 2 unspecified atom stereocenters. The highest BCUT2D eigenvalue weighted by Gasteiger charge is 2.40. The maximum Gasteiger partial charge on any atom is 0.114 e. The zero-order valence-corrected chi connectivity index (χ0v) is 14.1. The van der Waals surface area contributed by atoms with E-state index in [2.05, 4.69) is 0 Å². The lowest BCUT2D eigenvalue weighted by atomic mass is 9.82. The van der Waals surface area contributed by atoms with E-state index < -0.39 is 5.60 Å². The summed E-state index contributed by atoms with van der Waals surface area (Å²) < 4.78 is 11.9. The quantitative estimate of drug-likeness (QED) is 0.833. The molecule has 0 saturated heterocycles. The highest BCUT2D eigenvalue weighted by Crippen LogP contribution is 2.32. The summed E-state index contributed by atoms with van der Waals surface area (Å²) in [7, 11) is 0. The molecule has 1 aliphatic rings. The molecule has 3 heteroatoms. The van der Waals surface area contributed by atoms with Gasteiger partial charge in [0, 0.05) is 0 Å². The van der Waals surface area contributed by atoms with Crippen molar-refractivity contribution >= 4 is 0 Å². The first kappa shape index (κ1) is 17.2. The van der Waals surface area contributed by atoms with Crippen LogP contribution in [0.5, 0.6) is 0 Å². The van der Waals surface area contributed by atoms with E-state index in [4.69, 9.17) is 9.47 Å². The van der Waals surface area contributed by atoms with Gasteiger partial charge >= 0.3 is 0 Å². The zero-order valence-electron chi connectivity index (χ0n) is 14.1. The minimum atomic E-state index is -0.887. The molecule has 3 nitrogen and oxygen atoms in total. The summed E-state index contributed by atoms with van der Waals surface area (Å²) in [5, 5.41) is 11.0. The fourth-order valence-electron chi connectivity index (χ4n) is 3.28. The van der Waals surface area contributed by atoms with Crippen LogP contribution in [-0.2, 0) is 22.7 Å². The molecule has 128 valence electrons. The van der Waals surface area contributed by atoms with Crippen molar-refractivity contribution in [2.75, 3.05) is 6.61 Å². The second kappa shape index (κ2) is 8.43. The summed E-state index contributed by atoms with van der Waals surface area (Å²) in [6.45, 7) is 1.38. The maximum absolute atomic E-state index is 11.0. The average molecular weight is 326 g/mol. The van der Waals surface area contributed by atoms with Gasteiger partial charge < -0.3 is 14.6 Å². The van der Waals surface area contributed by atoms with Crippen molar-refractivity contribution in [1.29, 1.82) is 0 Å². The molecule has 0 aliphatic heterocycles. The van der Waals surface area contributed by atoms with Gasteiger partial charge in [0.05, 0.1) is 25.9 Å². The van der Waals surface area contributed by atoms with E-state index in [1.165, 1.54) is 0 Å². The molecule has 1 aliphatic carbocycles. The number of hydrogen-bond acceptors (Lipinski definition) is 3. The third-order valence-electron chi connectivity index (χ3n) is 4.68. The van der Waals surface area contributed by atoms with Gasteiger partial charge in [-0.1, -0.05) is 73.5 Å². The maximum atomic E-state index is 11.0. The number of rotatable bonds is 7. The Labute approximate surface area is 144 Å². The smallest absolute Gasteiger partial charge is 0.114 e. The molecule has 0 radical (unpaired) electrons. The van der Waals surface area contributed by atoms with Gasteiger partial charge in [-0.05, 0) is 24.0 Å². The Hall–Kier alpha value is -1.68. The van der Waals surface area contributed by atoms with Crippen LogP contribution in [0.15, 0.2) is 60.7 Å². The van der Waals surface area contributed by atoms with Crippen molar-refractivity contribution in [2.24, 2.45) is 0 Å². The number of aliphatic hydroxyl groups is 1. The molecule has 3 rings (SSSR count). The van der Waals surface area contributed by atoms with Gasteiger partial charge in [0.2, 0.25) is 0 Å². The predicted molar refractivity (Wildman–Crippen MR) is 94.5 cm³/mol. The topological polar surface area (TPSA) is 38.7 Å². The van der Waals surface area contributed by atoms with E-state index in [1.54, 1.807) is 0 Å². The molecule has 2 aromatic rings.